The summed E-state index contributed by atoms with van der Waals surface area (Å²) in [6.45, 7) is 1.64. The summed E-state index contributed by atoms with van der Waals surface area (Å²) in [5.74, 6) is 0.0486. The number of likely N-dealkylation sites (tertiary alicyclic amines) is 1. The third-order valence-corrected chi connectivity index (χ3v) is 4.73. The molecule has 0 spiro atoms. The van der Waals surface area contributed by atoms with Gasteiger partial charge in [-0.1, -0.05) is 36.4 Å². The molecule has 1 saturated heterocycles. The van der Waals surface area contributed by atoms with Gasteiger partial charge >= 0.3 is 0 Å². The Labute approximate surface area is 147 Å². The molecular weight excluding hydrogens is 310 g/mol. The van der Waals surface area contributed by atoms with Crippen LogP contribution in [-0.4, -0.2) is 23.9 Å². The Morgan fingerprint density at radius 2 is 1.68 bits per heavy atom. The summed E-state index contributed by atoms with van der Waals surface area (Å²) in [4.78, 5) is 14.8. The maximum atomic E-state index is 12.9. The molecule has 4 nitrogen and oxygen atoms in total. The van der Waals surface area contributed by atoms with E-state index in [-0.39, 0.29) is 5.91 Å². The van der Waals surface area contributed by atoms with Crippen LogP contribution < -0.4 is 11.1 Å². The highest BCUT2D eigenvalue weighted by molar-refractivity contribution is 6.03. The van der Waals surface area contributed by atoms with Crippen LogP contribution >= 0.6 is 0 Å². The van der Waals surface area contributed by atoms with Gasteiger partial charge in [0.2, 0.25) is 0 Å². The fraction of sp³-hybridized carbons (Fsp3) is 0.190. The van der Waals surface area contributed by atoms with Crippen molar-refractivity contribution in [3.05, 3.63) is 66.2 Å². The molecule has 1 heterocycles. The third-order valence-electron chi connectivity index (χ3n) is 4.73. The zero-order valence-electron chi connectivity index (χ0n) is 14.0. The van der Waals surface area contributed by atoms with Crippen molar-refractivity contribution in [1.29, 1.82) is 0 Å². The molecule has 0 atom stereocenters. The highest BCUT2D eigenvalue weighted by Crippen LogP contribution is 2.30. The Hall–Kier alpha value is -3.01. The lowest BCUT2D eigenvalue weighted by Crippen LogP contribution is -2.28. The van der Waals surface area contributed by atoms with Gasteiger partial charge in [0, 0.05) is 29.9 Å². The molecular formula is C21H21N3O. The van der Waals surface area contributed by atoms with Gasteiger partial charge in [-0.15, -0.1) is 0 Å². The first-order valence-electron chi connectivity index (χ1n) is 8.66. The molecule has 4 rings (SSSR count). The van der Waals surface area contributed by atoms with E-state index in [1.54, 1.807) is 6.07 Å². The van der Waals surface area contributed by atoms with Crippen molar-refractivity contribution in [2.75, 3.05) is 24.1 Å². The fourth-order valence-corrected chi connectivity index (χ4v) is 3.42. The maximum absolute atomic E-state index is 12.9. The molecule has 0 radical (unpaired) electrons. The van der Waals surface area contributed by atoms with E-state index in [2.05, 4.69) is 23.5 Å². The lowest BCUT2D eigenvalue weighted by atomic mass is 10.1. The molecule has 0 bridgehead atoms. The number of nitrogens with two attached hydrogens (primary N) is 1. The minimum Gasteiger partial charge on any atom is -0.399 e. The summed E-state index contributed by atoms with van der Waals surface area (Å²) in [6, 6.07) is 19.8. The zero-order valence-corrected chi connectivity index (χ0v) is 14.0. The normalized spacial score (nSPS) is 14.0. The Bertz CT molecular complexity index is 924. The Morgan fingerprint density at radius 3 is 2.52 bits per heavy atom. The third kappa shape index (κ3) is 3.03. The quantitative estimate of drug-likeness (QED) is 0.699. The zero-order chi connectivity index (χ0) is 17.2. The van der Waals surface area contributed by atoms with Crippen molar-refractivity contribution in [1.82, 2.24) is 4.90 Å². The van der Waals surface area contributed by atoms with Gasteiger partial charge < -0.3 is 16.0 Å². The van der Waals surface area contributed by atoms with Crippen molar-refractivity contribution in [3.63, 3.8) is 0 Å². The van der Waals surface area contributed by atoms with Crippen LogP contribution in [0.1, 0.15) is 23.2 Å². The van der Waals surface area contributed by atoms with E-state index in [0.29, 0.717) is 11.3 Å². The molecule has 0 saturated carbocycles. The molecule has 3 aromatic rings. The molecule has 1 amide bonds. The smallest absolute Gasteiger partial charge is 0.256 e. The molecule has 126 valence electrons. The van der Waals surface area contributed by atoms with E-state index < -0.39 is 0 Å². The fourth-order valence-electron chi connectivity index (χ4n) is 3.42. The average Bonchev–Trinajstić information content (AvgIpc) is 3.17. The largest absolute Gasteiger partial charge is 0.399 e. The molecule has 1 aliphatic heterocycles. The Balaban J connectivity index is 1.74. The minimum atomic E-state index is 0.0486. The standard InChI is InChI=1S/C21H21N3O/c22-16-10-11-20(18(14-16)21(25)24-12-3-4-13-24)23-19-9-5-7-15-6-1-2-8-17(15)19/h1-2,5-11,14,23H,3-4,12-13,22H2. The summed E-state index contributed by atoms with van der Waals surface area (Å²) in [7, 11) is 0. The molecule has 0 aromatic heterocycles. The first-order chi connectivity index (χ1) is 12.2. The van der Waals surface area contributed by atoms with E-state index in [1.807, 2.05) is 41.3 Å². The van der Waals surface area contributed by atoms with Crippen molar-refractivity contribution < 1.29 is 4.79 Å². The molecule has 25 heavy (non-hydrogen) atoms. The van der Waals surface area contributed by atoms with Gasteiger partial charge in [0.25, 0.3) is 5.91 Å². The predicted octanol–water partition coefficient (Wildman–Crippen LogP) is 4.40. The van der Waals surface area contributed by atoms with Crippen LogP contribution in [0, 0.1) is 0 Å². The van der Waals surface area contributed by atoms with Gasteiger partial charge in [0.15, 0.2) is 0 Å². The van der Waals surface area contributed by atoms with E-state index >= 15 is 0 Å². The van der Waals surface area contributed by atoms with Crippen molar-refractivity contribution >= 4 is 33.7 Å². The lowest BCUT2D eigenvalue weighted by Gasteiger charge is -2.19. The van der Waals surface area contributed by atoms with Crippen LogP contribution in [0.15, 0.2) is 60.7 Å². The van der Waals surface area contributed by atoms with E-state index in [0.717, 1.165) is 48.1 Å². The number of fused-ring (bicyclic) bond motifs is 1. The Morgan fingerprint density at radius 1 is 0.920 bits per heavy atom. The van der Waals surface area contributed by atoms with Crippen molar-refractivity contribution in [2.24, 2.45) is 0 Å². The predicted molar refractivity (Wildman–Crippen MR) is 103 cm³/mol. The second-order valence-corrected chi connectivity index (χ2v) is 6.46. The number of nitrogens with zero attached hydrogens (tertiary/aromatic N) is 1. The monoisotopic (exact) mass is 331 g/mol. The summed E-state index contributed by atoms with van der Waals surface area (Å²) in [6.07, 6.45) is 2.14. The number of benzene rings is 3. The van der Waals surface area contributed by atoms with Crippen LogP contribution in [0.5, 0.6) is 0 Å². The van der Waals surface area contributed by atoms with Crippen molar-refractivity contribution in [3.8, 4) is 0 Å². The van der Waals surface area contributed by atoms with Crippen molar-refractivity contribution in [2.45, 2.75) is 12.8 Å². The number of rotatable bonds is 3. The number of nitrogens with one attached hydrogen (secondary N) is 1. The molecule has 0 aliphatic carbocycles. The first-order valence-corrected chi connectivity index (χ1v) is 8.66. The number of hydrogen-bond donors (Lipinski definition) is 2. The van der Waals surface area contributed by atoms with E-state index in [4.69, 9.17) is 5.73 Å². The summed E-state index contributed by atoms with van der Waals surface area (Å²) >= 11 is 0. The molecule has 0 unspecified atom stereocenters. The van der Waals surface area contributed by atoms with Crippen LogP contribution in [0.2, 0.25) is 0 Å². The van der Waals surface area contributed by atoms with Gasteiger partial charge in [-0.25, -0.2) is 0 Å². The van der Waals surface area contributed by atoms with Crippen LogP contribution in [0.4, 0.5) is 17.1 Å². The highest BCUT2D eigenvalue weighted by Gasteiger charge is 2.22. The van der Waals surface area contributed by atoms with E-state index in [1.165, 1.54) is 0 Å². The number of nitrogen functional groups attached to an aromatic ring is 1. The number of hydrogen-bond acceptors (Lipinski definition) is 3. The number of anilines is 3. The van der Waals surface area contributed by atoms with Crippen LogP contribution in [0.3, 0.4) is 0 Å². The molecule has 1 fully saturated rings. The second kappa shape index (κ2) is 6.48. The number of carbonyl (C=O) groups is 1. The average molecular weight is 331 g/mol. The molecule has 3 aromatic carbocycles. The van der Waals surface area contributed by atoms with Gasteiger partial charge in [0.05, 0.1) is 11.3 Å². The number of carbonyl (C=O) groups excluding carboxylic acids is 1. The molecule has 4 heteroatoms. The number of amides is 1. The second-order valence-electron chi connectivity index (χ2n) is 6.46. The summed E-state index contributed by atoms with van der Waals surface area (Å²) in [5, 5.41) is 5.73. The topological polar surface area (TPSA) is 58.4 Å². The van der Waals surface area contributed by atoms with Crippen LogP contribution in [0.25, 0.3) is 10.8 Å². The molecule has 1 aliphatic rings. The highest BCUT2D eigenvalue weighted by atomic mass is 16.2. The van der Waals surface area contributed by atoms with Gasteiger partial charge in [-0.05, 0) is 42.5 Å². The first kappa shape index (κ1) is 15.5. The summed E-state index contributed by atoms with van der Waals surface area (Å²) < 4.78 is 0. The Kier molecular flexibility index (Phi) is 4.02. The van der Waals surface area contributed by atoms with E-state index in [9.17, 15) is 4.79 Å². The SMILES string of the molecule is Nc1ccc(Nc2cccc3ccccc23)c(C(=O)N2CCCC2)c1. The summed E-state index contributed by atoms with van der Waals surface area (Å²) in [5.41, 5.74) is 8.96. The lowest BCUT2D eigenvalue weighted by molar-refractivity contribution is 0.0794. The van der Waals surface area contributed by atoms with Gasteiger partial charge in [-0.2, -0.15) is 0 Å². The van der Waals surface area contributed by atoms with Gasteiger partial charge in [-0.3, -0.25) is 4.79 Å². The van der Waals surface area contributed by atoms with Crippen LogP contribution in [-0.2, 0) is 0 Å². The minimum absolute atomic E-state index is 0.0486. The van der Waals surface area contributed by atoms with Gasteiger partial charge in [0.1, 0.15) is 0 Å². The molecule has 3 N–H and O–H groups in total. The maximum Gasteiger partial charge on any atom is 0.256 e.